The van der Waals surface area contributed by atoms with E-state index in [0.717, 1.165) is 4.90 Å². The van der Waals surface area contributed by atoms with Crippen molar-refractivity contribution >= 4 is 17.9 Å². The molecule has 3 amide bonds. The molecule has 2 heterocycles. The van der Waals surface area contributed by atoms with Crippen LogP contribution in [0.1, 0.15) is 12.0 Å². The monoisotopic (exact) mass is 276 g/mol. The molecule has 7 nitrogen and oxygen atoms in total. The molecule has 1 saturated heterocycles. The zero-order chi connectivity index (χ0) is 14.3. The van der Waals surface area contributed by atoms with Gasteiger partial charge in [-0.2, -0.15) is 0 Å². The van der Waals surface area contributed by atoms with Crippen LogP contribution in [0, 0.1) is 0 Å². The fourth-order valence-corrected chi connectivity index (χ4v) is 2.65. The number of aliphatic carboxylic acids is 1. The number of hydrogen-bond acceptors (Lipinski definition) is 4. The van der Waals surface area contributed by atoms with E-state index in [1.165, 1.54) is 0 Å². The van der Waals surface area contributed by atoms with Gasteiger partial charge in [0, 0.05) is 12.0 Å². The lowest BCUT2D eigenvalue weighted by Crippen LogP contribution is -2.47. The molecule has 20 heavy (non-hydrogen) atoms. The van der Waals surface area contributed by atoms with Gasteiger partial charge in [0.1, 0.15) is 12.3 Å². The van der Waals surface area contributed by atoms with E-state index in [0.29, 0.717) is 11.3 Å². The Balaban J connectivity index is 2.05. The number of urea groups is 1. The SMILES string of the molecule is O=C(O)CN1C(=O)N[C@@]2(CCOc3ccccc32)C1=O. The quantitative estimate of drug-likeness (QED) is 0.757. The van der Waals surface area contributed by atoms with Crippen LogP contribution in [0.4, 0.5) is 4.79 Å². The molecule has 1 spiro atoms. The lowest BCUT2D eigenvalue weighted by atomic mass is 9.84. The summed E-state index contributed by atoms with van der Waals surface area (Å²) in [6.45, 7) is -0.362. The van der Waals surface area contributed by atoms with Gasteiger partial charge in [-0.1, -0.05) is 18.2 Å². The molecule has 104 valence electrons. The van der Waals surface area contributed by atoms with E-state index in [4.69, 9.17) is 9.84 Å². The average Bonchev–Trinajstić information content (AvgIpc) is 2.64. The van der Waals surface area contributed by atoms with Crippen molar-refractivity contribution < 1.29 is 24.2 Å². The summed E-state index contributed by atoms with van der Waals surface area (Å²) >= 11 is 0. The smallest absolute Gasteiger partial charge is 0.325 e. The van der Waals surface area contributed by atoms with Gasteiger partial charge >= 0.3 is 12.0 Å². The van der Waals surface area contributed by atoms with Crippen LogP contribution in [0.2, 0.25) is 0 Å². The molecule has 1 fully saturated rings. The van der Waals surface area contributed by atoms with Gasteiger partial charge in [0.25, 0.3) is 5.91 Å². The van der Waals surface area contributed by atoms with E-state index in [1.807, 2.05) is 0 Å². The van der Waals surface area contributed by atoms with Crippen LogP contribution in [0.25, 0.3) is 0 Å². The summed E-state index contributed by atoms with van der Waals surface area (Å²) in [6.07, 6.45) is 0.282. The second-order valence-corrected chi connectivity index (χ2v) is 4.72. The number of fused-ring (bicyclic) bond motifs is 2. The highest BCUT2D eigenvalue weighted by atomic mass is 16.5. The van der Waals surface area contributed by atoms with Crippen LogP contribution in [-0.4, -0.2) is 41.1 Å². The lowest BCUT2D eigenvalue weighted by molar-refractivity contribution is -0.143. The lowest BCUT2D eigenvalue weighted by Gasteiger charge is -2.33. The molecule has 0 saturated carbocycles. The van der Waals surface area contributed by atoms with Gasteiger partial charge < -0.3 is 15.2 Å². The Kier molecular flexibility index (Phi) is 2.63. The van der Waals surface area contributed by atoms with Crippen LogP contribution in [0.15, 0.2) is 24.3 Å². The standard InChI is InChI=1S/C13H12N2O5/c16-10(17)7-15-11(18)13(14-12(15)19)5-6-20-9-4-2-1-3-8(9)13/h1-4H,5-7H2,(H,14,19)(H,16,17)/t13-/m1/s1. The summed E-state index contributed by atoms with van der Waals surface area (Å²) in [6, 6.07) is 6.25. The molecule has 0 bridgehead atoms. The predicted octanol–water partition coefficient (Wildman–Crippen LogP) is 0.301. The molecule has 3 rings (SSSR count). The van der Waals surface area contributed by atoms with Gasteiger partial charge in [0.15, 0.2) is 5.54 Å². The number of imide groups is 1. The minimum atomic E-state index is -1.23. The molecular weight excluding hydrogens is 264 g/mol. The number of carbonyl (C=O) groups is 3. The molecule has 1 atom stereocenters. The fourth-order valence-electron chi connectivity index (χ4n) is 2.65. The normalized spacial score (nSPS) is 24.3. The Morgan fingerprint density at radius 1 is 1.40 bits per heavy atom. The second kappa shape index (κ2) is 4.22. The van der Waals surface area contributed by atoms with E-state index < -0.39 is 30.0 Å². The molecule has 1 aromatic rings. The number of nitrogens with zero attached hydrogens (tertiary/aromatic N) is 1. The minimum Gasteiger partial charge on any atom is -0.493 e. The van der Waals surface area contributed by atoms with Crippen LogP contribution < -0.4 is 10.1 Å². The third-order valence-electron chi connectivity index (χ3n) is 3.55. The highest BCUT2D eigenvalue weighted by Gasteiger charge is 2.55. The molecule has 7 heteroatoms. The van der Waals surface area contributed by atoms with Crippen molar-refractivity contribution in [3.05, 3.63) is 29.8 Å². The van der Waals surface area contributed by atoms with Crippen molar-refractivity contribution in [2.24, 2.45) is 0 Å². The molecule has 0 radical (unpaired) electrons. The van der Waals surface area contributed by atoms with Crippen molar-refractivity contribution in [1.82, 2.24) is 10.2 Å². The first-order valence-corrected chi connectivity index (χ1v) is 6.13. The molecule has 0 unspecified atom stereocenters. The first-order valence-electron chi connectivity index (χ1n) is 6.13. The maximum absolute atomic E-state index is 12.5. The number of benzene rings is 1. The highest BCUT2D eigenvalue weighted by molar-refractivity contribution is 6.09. The third-order valence-corrected chi connectivity index (χ3v) is 3.55. The number of carboxylic acid groups (broad SMARTS) is 1. The maximum atomic E-state index is 12.5. The van der Waals surface area contributed by atoms with Gasteiger partial charge in [-0.25, -0.2) is 4.79 Å². The second-order valence-electron chi connectivity index (χ2n) is 4.72. The summed E-state index contributed by atoms with van der Waals surface area (Å²) in [5.74, 6) is -1.24. The number of para-hydroxylation sites is 1. The summed E-state index contributed by atoms with van der Waals surface area (Å²) in [5.41, 5.74) is -0.640. The minimum absolute atomic E-state index is 0.282. The maximum Gasteiger partial charge on any atom is 0.325 e. The van der Waals surface area contributed by atoms with Crippen molar-refractivity contribution in [2.75, 3.05) is 13.2 Å². The summed E-state index contributed by atoms with van der Waals surface area (Å²) < 4.78 is 5.47. The molecule has 0 aliphatic carbocycles. The van der Waals surface area contributed by atoms with Gasteiger partial charge in [0.2, 0.25) is 0 Å². The zero-order valence-electron chi connectivity index (χ0n) is 10.5. The Bertz CT molecular complexity index is 615. The number of nitrogens with one attached hydrogen (secondary N) is 1. The van der Waals surface area contributed by atoms with Gasteiger partial charge in [-0.15, -0.1) is 0 Å². The number of carbonyl (C=O) groups excluding carboxylic acids is 2. The molecule has 2 aliphatic heterocycles. The van der Waals surface area contributed by atoms with E-state index in [-0.39, 0.29) is 13.0 Å². The number of carboxylic acids is 1. The largest absolute Gasteiger partial charge is 0.493 e. The molecular formula is C13H12N2O5. The third kappa shape index (κ3) is 1.63. The number of amides is 3. The highest BCUT2D eigenvalue weighted by Crippen LogP contribution is 2.40. The van der Waals surface area contributed by atoms with Crippen molar-refractivity contribution in [1.29, 1.82) is 0 Å². The van der Waals surface area contributed by atoms with Gasteiger partial charge in [0.05, 0.1) is 6.61 Å². The van der Waals surface area contributed by atoms with Crippen LogP contribution in [0.3, 0.4) is 0 Å². The van der Waals surface area contributed by atoms with Gasteiger partial charge in [-0.3, -0.25) is 14.5 Å². The Morgan fingerprint density at radius 3 is 2.90 bits per heavy atom. The topological polar surface area (TPSA) is 95.9 Å². The Morgan fingerprint density at radius 2 is 2.15 bits per heavy atom. The first-order chi connectivity index (χ1) is 9.54. The van der Waals surface area contributed by atoms with E-state index in [9.17, 15) is 14.4 Å². The van der Waals surface area contributed by atoms with Crippen LogP contribution in [-0.2, 0) is 15.1 Å². The van der Waals surface area contributed by atoms with E-state index >= 15 is 0 Å². The molecule has 2 N–H and O–H groups in total. The van der Waals surface area contributed by atoms with Gasteiger partial charge in [-0.05, 0) is 6.07 Å². The van der Waals surface area contributed by atoms with Crippen LogP contribution >= 0.6 is 0 Å². The fraction of sp³-hybridized carbons (Fsp3) is 0.308. The number of rotatable bonds is 2. The Labute approximate surface area is 114 Å². The zero-order valence-corrected chi connectivity index (χ0v) is 10.5. The first kappa shape index (κ1) is 12.5. The molecule has 1 aromatic carbocycles. The number of ether oxygens (including phenoxy) is 1. The molecule has 2 aliphatic rings. The van der Waals surface area contributed by atoms with Crippen LogP contribution in [0.5, 0.6) is 5.75 Å². The van der Waals surface area contributed by atoms with Crippen molar-refractivity contribution in [2.45, 2.75) is 12.0 Å². The molecule has 0 aromatic heterocycles. The summed E-state index contributed by atoms with van der Waals surface area (Å²) in [5, 5.41) is 11.4. The van der Waals surface area contributed by atoms with Crippen molar-refractivity contribution in [3.8, 4) is 5.75 Å². The van der Waals surface area contributed by atoms with E-state index in [2.05, 4.69) is 5.32 Å². The average molecular weight is 276 g/mol. The van der Waals surface area contributed by atoms with E-state index in [1.54, 1.807) is 24.3 Å². The predicted molar refractivity (Wildman–Crippen MR) is 66.1 cm³/mol. The summed E-state index contributed by atoms with van der Waals surface area (Å²) in [7, 11) is 0. The number of hydrogen-bond donors (Lipinski definition) is 2. The van der Waals surface area contributed by atoms with Crippen molar-refractivity contribution in [3.63, 3.8) is 0 Å². The Hall–Kier alpha value is -2.57. The summed E-state index contributed by atoms with van der Waals surface area (Å²) in [4.78, 5) is 35.9.